The summed E-state index contributed by atoms with van der Waals surface area (Å²) in [4.78, 5) is 27.3. The zero-order valence-electron chi connectivity index (χ0n) is 17.5. The molecular weight excluding hydrogens is 422 g/mol. The fourth-order valence-electron chi connectivity index (χ4n) is 3.67. The number of ether oxygens (including phenoxy) is 1. The zero-order chi connectivity index (χ0) is 21.8. The summed E-state index contributed by atoms with van der Waals surface area (Å²) in [5, 5.41) is 3.74. The smallest absolute Gasteiger partial charge is 0.234 e. The molecule has 0 aliphatic carbocycles. The number of morpholine rings is 1. The first-order valence-corrected chi connectivity index (χ1v) is 11.5. The van der Waals surface area contributed by atoms with Crippen LogP contribution < -0.4 is 10.2 Å². The van der Waals surface area contributed by atoms with E-state index in [0.29, 0.717) is 0 Å². The molecule has 7 nitrogen and oxygen atoms in total. The predicted molar refractivity (Wildman–Crippen MR) is 128 cm³/mol. The minimum Gasteiger partial charge on any atom is -0.378 e. The lowest BCUT2D eigenvalue weighted by Crippen LogP contribution is -2.36. The summed E-state index contributed by atoms with van der Waals surface area (Å²) in [5.74, 6) is 0.936. The molecule has 2 aromatic heterocycles. The lowest BCUT2D eigenvalue weighted by molar-refractivity contribution is -0.113. The highest BCUT2D eigenvalue weighted by molar-refractivity contribution is 8.00. The van der Waals surface area contributed by atoms with Crippen molar-refractivity contribution in [2.24, 2.45) is 0 Å². The van der Waals surface area contributed by atoms with Crippen LogP contribution >= 0.6 is 11.8 Å². The maximum absolute atomic E-state index is 12.6. The number of para-hydroxylation sites is 2. The van der Waals surface area contributed by atoms with Crippen molar-refractivity contribution in [3.05, 3.63) is 66.9 Å². The van der Waals surface area contributed by atoms with E-state index < -0.39 is 0 Å². The molecule has 1 aliphatic heterocycles. The zero-order valence-corrected chi connectivity index (χ0v) is 18.3. The lowest BCUT2D eigenvalue weighted by atomic mass is 10.2. The van der Waals surface area contributed by atoms with E-state index in [1.807, 2.05) is 60.7 Å². The molecule has 0 atom stereocenters. The number of amides is 1. The quantitative estimate of drug-likeness (QED) is 0.433. The normalized spacial score (nSPS) is 13.9. The molecule has 1 fully saturated rings. The molecule has 5 rings (SSSR count). The number of aromatic amines is 1. The average Bonchev–Trinajstić information content (AvgIpc) is 3.28. The Morgan fingerprint density at radius 3 is 2.69 bits per heavy atom. The minimum absolute atomic E-state index is 0.0738. The standard InChI is InChI=1S/C24H23N5O2S/c30-22(26-17-7-9-18(10-8-17)29-12-14-31-15-13-29)16-32-24-19(4-3-11-25-24)23-27-20-5-1-2-6-21(20)28-23/h1-11H,12-16H2,(H,26,30)(H,27,28). The fraction of sp³-hybridized carbons (Fsp3) is 0.208. The highest BCUT2D eigenvalue weighted by Crippen LogP contribution is 2.29. The lowest BCUT2D eigenvalue weighted by Gasteiger charge is -2.28. The summed E-state index contributed by atoms with van der Waals surface area (Å²) in [6, 6.07) is 19.7. The Hall–Kier alpha value is -3.36. The van der Waals surface area contributed by atoms with Crippen molar-refractivity contribution in [3.8, 4) is 11.4 Å². The van der Waals surface area contributed by atoms with E-state index in [9.17, 15) is 4.79 Å². The van der Waals surface area contributed by atoms with Gasteiger partial charge in [0.15, 0.2) is 0 Å². The molecule has 1 saturated heterocycles. The highest BCUT2D eigenvalue weighted by atomic mass is 32.2. The number of rotatable bonds is 6. The van der Waals surface area contributed by atoms with Crippen molar-refractivity contribution in [1.29, 1.82) is 0 Å². The van der Waals surface area contributed by atoms with Crippen LogP contribution in [0, 0.1) is 0 Å². The van der Waals surface area contributed by atoms with Gasteiger partial charge in [0.1, 0.15) is 10.9 Å². The fourth-order valence-corrected chi connectivity index (χ4v) is 4.47. The van der Waals surface area contributed by atoms with Gasteiger partial charge in [-0.3, -0.25) is 4.79 Å². The molecule has 1 aliphatic rings. The summed E-state index contributed by atoms with van der Waals surface area (Å²) in [6.07, 6.45) is 1.73. The second-order valence-corrected chi connectivity index (χ2v) is 8.41. The van der Waals surface area contributed by atoms with E-state index in [1.54, 1.807) is 6.20 Å². The highest BCUT2D eigenvalue weighted by Gasteiger charge is 2.14. The minimum atomic E-state index is -0.0738. The van der Waals surface area contributed by atoms with E-state index >= 15 is 0 Å². The van der Waals surface area contributed by atoms with Gasteiger partial charge in [-0.05, 0) is 48.5 Å². The Labute approximate surface area is 190 Å². The number of pyridine rings is 1. The first kappa shape index (κ1) is 20.5. The molecule has 2 aromatic carbocycles. The summed E-state index contributed by atoms with van der Waals surface area (Å²) in [5.41, 5.74) is 4.69. The van der Waals surface area contributed by atoms with Crippen molar-refractivity contribution in [1.82, 2.24) is 15.0 Å². The summed E-state index contributed by atoms with van der Waals surface area (Å²) < 4.78 is 5.40. The number of nitrogens with one attached hydrogen (secondary N) is 2. The SMILES string of the molecule is O=C(CSc1ncccc1-c1nc2ccccc2[nH]1)Nc1ccc(N2CCOCC2)cc1. The number of carbonyl (C=O) groups is 1. The third-order valence-corrected chi connectivity index (χ3v) is 6.29. The number of H-pyrrole nitrogens is 1. The largest absolute Gasteiger partial charge is 0.378 e. The third-order valence-electron chi connectivity index (χ3n) is 5.28. The Bertz CT molecular complexity index is 1190. The van der Waals surface area contributed by atoms with Gasteiger partial charge in [-0.2, -0.15) is 0 Å². The first-order chi connectivity index (χ1) is 15.8. The number of hydrogen-bond donors (Lipinski definition) is 2. The number of thioether (sulfide) groups is 1. The van der Waals surface area contributed by atoms with Gasteiger partial charge in [-0.1, -0.05) is 23.9 Å². The third kappa shape index (κ3) is 4.61. The van der Waals surface area contributed by atoms with Crippen LogP contribution in [0.5, 0.6) is 0 Å². The van der Waals surface area contributed by atoms with Crippen molar-refractivity contribution < 1.29 is 9.53 Å². The van der Waals surface area contributed by atoms with Crippen LogP contribution in [0.2, 0.25) is 0 Å². The van der Waals surface area contributed by atoms with Crippen molar-refractivity contribution in [2.45, 2.75) is 5.03 Å². The maximum Gasteiger partial charge on any atom is 0.234 e. The number of nitrogens with zero attached hydrogens (tertiary/aromatic N) is 3. The molecule has 0 radical (unpaired) electrons. The molecule has 0 saturated carbocycles. The van der Waals surface area contributed by atoms with E-state index in [1.165, 1.54) is 11.8 Å². The summed E-state index contributed by atoms with van der Waals surface area (Å²) in [7, 11) is 0. The van der Waals surface area contributed by atoms with Gasteiger partial charge >= 0.3 is 0 Å². The van der Waals surface area contributed by atoms with Gasteiger partial charge in [-0.25, -0.2) is 9.97 Å². The molecule has 0 spiro atoms. The van der Waals surface area contributed by atoms with Crippen molar-refractivity contribution in [3.63, 3.8) is 0 Å². The Balaban J connectivity index is 1.23. The molecular formula is C24H23N5O2S. The summed E-state index contributed by atoms with van der Waals surface area (Å²) in [6.45, 7) is 3.28. The van der Waals surface area contributed by atoms with Crippen LogP contribution in [0.25, 0.3) is 22.4 Å². The van der Waals surface area contributed by atoms with E-state index in [-0.39, 0.29) is 11.7 Å². The number of fused-ring (bicyclic) bond motifs is 1. The molecule has 0 unspecified atom stereocenters. The van der Waals surface area contributed by atoms with Gasteiger partial charge in [0.25, 0.3) is 0 Å². The van der Waals surface area contributed by atoms with Gasteiger partial charge in [0.2, 0.25) is 5.91 Å². The average molecular weight is 446 g/mol. The number of aromatic nitrogens is 3. The topological polar surface area (TPSA) is 83.1 Å². The van der Waals surface area contributed by atoms with Gasteiger partial charge in [0, 0.05) is 36.2 Å². The van der Waals surface area contributed by atoms with E-state index in [0.717, 1.165) is 65.1 Å². The van der Waals surface area contributed by atoms with Crippen molar-refractivity contribution in [2.75, 3.05) is 42.3 Å². The predicted octanol–water partition coefficient (Wildman–Crippen LogP) is 4.19. The second kappa shape index (κ2) is 9.42. The van der Waals surface area contributed by atoms with Gasteiger partial charge in [-0.15, -0.1) is 0 Å². The Kier molecular flexibility index (Phi) is 6.04. The number of benzene rings is 2. The molecule has 2 N–H and O–H groups in total. The van der Waals surface area contributed by atoms with Crippen LogP contribution in [0.15, 0.2) is 71.9 Å². The molecule has 4 aromatic rings. The molecule has 3 heterocycles. The van der Waals surface area contributed by atoms with Crippen LogP contribution in [0.1, 0.15) is 0 Å². The monoisotopic (exact) mass is 445 g/mol. The van der Waals surface area contributed by atoms with Gasteiger partial charge in [0.05, 0.1) is 30.0 Å². The van der Waals surface area contributed by atoms with Crippen LogP contribution in [0.4, 0.5) is 11.4 Å². The number of hydrogen-bond acceptors (Lipinski definition) is 6. The first-order valence-electron chi connectivity index (χ1n) is 10.5. The molecule has 32 heavy (non-hydrogen) atoms. The van der Waals surface area contributed by atoms with Crippen LogP contribution in [-0.4, -0.2) is 52.9 Å². The van der Waals surface area contributed by atoms with Crippen LogP contribution in [-0.2, 0) is 9.53 Å². The Morgan fingerprint density at radius 2 is 1.88 bits per heavy atom. The number of imidazole rings is 1. The second-order valence-electron chi connectivity index (χ2n) is 7.44. The van der Waals surface area contributed by atoms with E-state index in [2.05, 4.69) is 25.2 Å². The van der Waals surface area contributed by atoms with Gasteiger partial charge < -0.3 is 19.9 Å². The number of carbonyl (C=O) groups excluding carboxylic acids is 1. The Morgan fingerprint density at radius 1 is 1.06 bits per heavy atom. The van der Waals surface area contributed by atoms with Crippen molar-refractivity contribution >= 4 is 40.1 Å². The van der Waals surface area contributed by atoms with E-state index in [4.69, 9.17) is 4.74 Å². The number of anilines is 2. The molecule has 0 bridgehead atoms. The molecule has 1 amide bonds. The molecule has 162 valence electrons. The molecule has 8 heteroatoms. The summed E-state index contributed by atoms with van der Waals surface area (Å²) >= 11 is 1.40. The van der Waals surface area contributed by atoms with Crippen LogP contribution in [0.3, 0.4) is 0 Å². The maximum atomic E-state index is 12.6.